The fourth-order valence-electron chi connectivity index (χ4n) is 1.92. The molecule has 1 heterocycles. The number of hydrogen-bond acceptors (Lipinski definition) is 3. The number of nitrogens with two attached hydrogens (primary N) is 1. The van der Waals surface area contributed by atoms with Crippen LogP contribution in [0.3, 0.4) is 0 Å². The van der Waals surface area contributed by atoms with Crippen LogP contribution in [0, 0.1) is 5.92 Å². The zero-order chi connectivity index (χ0) is 13.6. The first-order valence-electron chi connectivity index (χ1n) is 5.80. The van der Waals surface area contributed by atoms with Crippen molar-refractivity contribution < 1.29 is 17.9 Å². The molecule has 1 saturated heterocycles. The standard InChI is InChI=1S/C10H19F3N4O/c1-18-6-4-15-9(16-14)17-5-2-3-8(7-17)10(11,12)13/h8H,2-7,14H2,1H3,(H,15,16). The smallest absolute Gasteiger partial charge is 0.383 e. The van der Waals surface area contributed by atoms with Gasteiger partial charge in [-0.2, -0.15) is 13.2 Å². The minimum atomic E-state index is -4.16. The van der Waals surface area contributed by atoms with E-state index in [1.807, 2.05) is 0 Å². The third-order valence-corrected chi connectivity index (χ3v) is 2.87. The summed E-state index contributed by atoms with van der Waals surface area (Å²) in [7, 11) is 1.53. The minimum absolute atomic E-state index is 0.0977. The summed E-state index contributed by atoms with van der Waals surface area (Å²) in [5.74, 6) is 4.28. The highest BCUT2D eigenvalue weighted by atomic mass is 19.4. The lowest BCUT2D eigenvalue weighted by molar-refractivity contribution is -0.183. The molecule has 18 heavy (non-hydrogen) atoms. The molecular formula is C10H19F3N4O. The fraction of sp³-hybridized carbons (Fsp3) is 0.900. The molecule has 3 N–H and O–H groups in total. The van der Waals surface area contributed by atoms with E-state index in [0.717, 1.165) is 0 Å². The molecule has 1 atom stereocenters. The van der Waals surface area contributed by atoms with Crippen molar-refractivity contribution in [3.8, 4) is 0 Å². The van der Waals surface area contributed by atoms with Gasteiger partial charge in [0.15, 0.2) is 0 Å². The highest BCUT2D eigenvalue weighted by Gasteiger charge is 2.42. The summed E-state index contributed by atoms with van der Waals surface area (Å²) >= 11 is 0. The average molecular weight is 268 g/mol. The van der Waals surface area contributed by atoms with Gasteiger partial charge < -0.3 is 9.64 Å². The van der Waals surface area contributed by atoms with E-state index in [0.29, 0.717) is 32.1 Å². The van der Waals surface area contributed by atoms with E-state index in [2.05, 4.69) is 10.4 Å². The van der Waals surface area contributed by atoms with Crippen LogP contribution in [0.15, 0.2) is 4.99 Å². The Kier molecular flexibility index (Phi) is 5.67. The van der Waals surface area contributed by atoms with Gasteiger partial charge in [-0.05, 0) is 12.8 Å². The summed E-state index contributed by atoms with van der Waals surface area (Å²) in [4.78, 5) is 5.63. The van der Waals surface area contributed by atoms with E-state index in [4.69, 9.17) is 10.6 Å². The molecule has 1 aliphatic rings. The summed E-state index contributed by atoms with van der Waals surface area (Å²) in [5.41, 5.74) is 2.36. The molecule has 0 aromatic carbocycles. The lowest BCUT2D eigenvalue weighted by Crippen LogP contribution is -2.51. The lowest BCUT2D eigenvalue weighted by atomic mass is 9.98. The molecule has 0 aromatic rings. The maximum absolute atomic E-state index is 12.7. The van der Waals surface area contributed by atoms with E-state index >= 15 is 0 Å². The van der Waals surface area contributed by atoms with Crippen LogP contribution in [0.2, 0.25) is 0 Å². The van der Waals surface area contributed by atoms with Gasteiger partial charge >= 0.3 is 6.18 Å². The lowest BCUT2D eigenvalue weighted by Gasteiger charge is -2.35. The van der Waals surface area contributed by atoms with Crippen molar-refractivity contribution in [3.63, 3.8) is 0 Å². The monoisotopic (exact) mass is 268 g/mol. The number of nitrogens with one attached hydrogen (secondary N) is 1. The number of alkyl halides is 3. The maximum atomic E-state index is 12.7. The summed E-state index contributed by atoms with van der Waals surface area (Å²) in [5, 5.41) is 0. The molecular weight excluding hydrogens is 249 g/mol. The number of likely N-dealkylation sites (tertiary alicyclic amines) is 1. The first-order valence-corrected chi connectivity index (χ1v) is 5.80. The van der Waals surface area contributed by atoms with Crippen molar-refractivity contribution in [2.24, 2.45) is 16.8 Å². The van der Waals surface area contributed by atoms with Crippen molar-refractivity contribution in [1.82, 2.24) is 10.3 Å². The van der Waals surface area contributed by atoms with Crippen molar-refractivity contribution in [2.45, 2.75) is 19.0 Å². The zero-order valence-electron chi connectivity index (χ0n) is 10.3. The number of hydrogen-bond donors (Lipinski definition) is 2. The number of piperidine rings is 1. The van der Waals surface area contributed by atoms with Crippen molar-refractivity contribution in [1.29, 1.82) is 0 Å². The van der Waals surface area contributed by atoms with Crippen LogP contribution in [0.5, 0.6) is 0 Å². The highest BCUT2D eigenvalue weighted by molar-refractivity contribution is 5.79. The van der Waals surface area contributed by atoms with Gasteiger partial charge in [0.05, 0.1) is 19.1 Å². The molecule has 0 bridgehead atoms. The van der Waals surface area contributed by atoms with E-state index < -0.39 is 12.1 Å². The summed E-state index contributed by atoms with van der Waals surface area (Å²) in [6.45, 7) is 1.20. The minimum Gasteiger partial charge on any atom is -0.383 e. The van der Waals surface area contributed by atoms with Crippen molar-refractivity contribution in [3.05, 3.63) is 0 Å². The second-order valence-corrected chi connectivity index (χ2v) is 4.17. The maximum Gasteiger partial charge on any atom is 0.393 e. The Morgan fingerprint density at radius 3 is 2.83 bits per heavy atom. The third-order valence-electron chi connectivity index (χ3n) is 2.87. The number of rotatable bonds is 3. The van der Waals surface area contributed by atoms with Gasteiger partial charge in [-0.3, -0.25) is 5.43 Å². The van der Waals surface area contributed by atoms with Gasteiger partial charge in [-0.15, -0.1) is 0 Å². The zero-order valence-corrected chi connectivity index (χ0v) is 10.3. The third kappa shape index (κ3) is 4.34. The Morgan fingerprint density at radius 1 is 1.56 bits per heavy atom. The van der Waals surface area contributed by atoms with Gasteiger partial charge in [0, 0.05) is 20.2 Å². The molecule has 0 radical (unpaired) electrons. The summed E-state index contributed by atoms with van der Waals surface area (Å²) in [6.07, 6.45) is -3.52. The van der Waals surface area contributed by atoms with Crippen molar-refractivity contribution in [2.75, 3.05) is 33.4 Å². The predicted octanol–water partition coefficient (Wildman–Crippen LogP) is 0.726. The van der Waals surface area contributed by atoms with E-state index in [9.17, 15) is 13.2 Å². The number of aliphatic imine (C=N–C) groups is 1. The second-order valence-electron chi connectivity index (χ2n) is 4.17. The number of nitrogens with zero attached hydrogens (tertiary/aromatic N) is 2. The summed E-state index contributed by atoms with van der Waals surface area (Å²) in [6, 6.07) is 0. The van der Waals surface area contributed by atoms with Crippen LogP contribution in [-0.2, 0) is 4.74 Å². The topological polar surface area (TPSA) is 62.9 Å². The van der Waals surface area contributed by atoms with E-state index in [-0.39, 0.29) is 13.0 Å². The molecule has 0 amide bonds. The number of guanidine groups is 1. The van der Waals surface area contributed by atoms with Crippen LogP contribution in [0.1, 0.15) is 12.8 Å². The molecule has 0 aliphatic carbocycles. The number of ether oxygens (including phenoxy) is 1. The van der Waals surface area contributed by atoms with E-state index in [1.54, 1.807) is 0 Å². The molecule has 0 aromatic heterocycles. The number of hydrazine groups is 1. The summed E-state index contributed by atoms with van der Waals surface area (Å²) < 4.78 is 42.8. The first-order chi connectivity index (χ1) is 8.49. The largest absolute Gasteiger partial charge is 0.393 e. The Balaban J connectivity index is 2.60. The average Bonchev–Trinajstić information content (AvgIpc) is 2.34. The van der Waals surface area contributed by atoms with Gasteiger partial charge in [0.2, 0.25) is 5.96 Å². The normalized spacial score (nSPS) is 22.2. The molecule has 8 heteroatoms. The molecule has 0 saturated carbocycles. The Morgan fingerprint density at radius 2 is 2.28 bits per heavy atom. The molecule has 5 nitrogen and oxygen atoms in total. The van der Waals surface area contributed by atoms with Gasteiger partial charge in [-0.25, -0.2) is 10.8 Å². The predicted molar refractivity (Wildman–Crippen MR) is 61.9 cm³/mol. The molecule has 106 valence electrons. The van der Waals surface area contributed by atoms with Crippen LogP contribution in [0.4, 0.5) is 13.2 Å². The number of methoxy groups -OCH3 is 1. The Hall–Kier alpha value is -1.02. The molecule has 0 spiro atoms. The van der Waals surface area contributed by atoms with Gasteiger partial charge in [0.25, 0.3) is 0 Å². The van der Waals surface area contributed by atoms with Gasteiger partial charge in [0.1, 0.15) is 0 Å². The highest BCUT2D eigenvalue weighted by Crippen LogP contribution is 2.32. The molecule has 1 unspecified atom stereocenters. The first kappa shape index (κ1) is 15.0. The van der Waals surface area contributed by atoms with Crippen LogP contribution in [-0.4, -0.2) is 50.4 Å². The second kappa shape index (κ2) is 6.79. The molecule has 1 fully saturated rings. The fourth-order valence-corrected chi connectivity index (χ4v) is 1.92. The van der Waals surface area contributed by atoms with Gasteiger partial charge in [-0.1, -0.05) is 0 Å². The van der Waals surface area contributed by atoms with Crippen LogP contribution < -0.4 is 11.3 Å². The molecule has 1 rings (SSSR count). The van der Waals surface area contributed by atoms with E-state index in [1.165, 1.54) is 12.0 Å². The molecule has 1 aliphatic heterocycles. The Bertz CT molecular complexity index is 283. The Labute approximate surface area is 104 Å². The van der Waals surface area contributed by atoms with Crippen LogP contribution in [0.25, 0.3) is 0 Å². The number of halogens is 3. The van der Waals surface area contributed by atoms with Crippen molar-refractivity contribution >= 4 is 5.96 Å². The van der Waals surface area contributed by atoms with Crippen LogP contribution >= 0.6 is 0 Å². The quantitative estimate of drug-likeness (QED) is 0.260. The SMILES string of the molecule is COCCN=C(NN)N1CCCC(C(F)(F)F)C1.